The van der Waals surface area contributed by atoms with Gasteiger partial charge in [0.25, 0.3) is 0 Å². The Hall–Kier alpha value is -2.86. The van der Waals surface area contributed by atoms with Crippen molar-refractivity contribution in [1.29, 1.82) is 0 Å². The second-order valence-electron chi connectivity index (χ2n) is 6.06. The molecule has 0 saturated carbocycles. The summed E-state index contributed by atoms with van der Waals surface area (Å²) >= 11 is 0. The lowest BCUT2D eigenvalue weighted by Gasteiger charge is -2.13. The van der Waals surface area contributed by atoms with Gasteiger partial charge in [0.2, 0.25) is 0 Å². The summed E-state index contributed by atoms with van der Waals surface area (Å²) in [5.74, 6) is 1.47. The third kappa shape index (κ3) is 3.64. The summed E-state index contributed by atoms with van der Waals surface area (Å²) in [6.07, 6.45) is 4.50. The van der Waals surface area contributed by atoms with Gasteiger partial charge in [-0.05, 0) is 43.3 Å². The molecule has 1 fully saturated rings. The summed E-state index contributed by atoms with van der Waals surface area (Å²) in [5, 5.41) is 6.54. The van der Waals surface area contributed by atoms with Crippen LogP contribution in [0.25, 0.3) is 11.3 Å². The number of halogens is 1. The summed E-state index contributed by atoms with van der Waals surface area (Å²) in [5.41, 5.74) is 2.47. The molecule has 6 heteroatoms. The number of benzene rings is 1. The highest BCUT2D eigenvalue weighted by molar-refractivity contribution is 5.65. The maximum Gasteiger partial charge on any atom is 0.135 e. The summed E-state index contributed by atoms with van der Waals surface area (Å²) in [7, 11) is 0. The van der Waals surface area contributed by atoms with Crippen molar-refractivity contribution in [3.05, 3.63) is 66.5 Å². The molecule has 25 heavy (non-hydrogen) atoms. The van der Waals surface area contributed by atoms with Crippen LogP contribution in [0.1, 0.15) is 18.2 Å². The average molecular weight is 335 g/mol. The molecule has 5 nitrogen and oxygen atoms in total. The van der Waals surface area contributed by atoms with E-state index in [-0.39, 0.29) is 11.7 Å². The van der Waals surface area contributed by atoms with Gasteiger partial charge >= 0.3 is 0 Å². The van der Waals surface area contributed by atoms with Crippen molar-refractivity contribution in [3.63, 3.8) is 0 Å². The van der Waals surface area contributed by atoms with Gasteiger partial charge in [-0.25, -0.2) is 14.4 Å². The van der Waals surface area contributed by atoms with Crippen LogP contribution in [0, 0.1) is 5.82 Å². The van der Waals surface area contributed by atoms with Crippen molar-refractivity contribution < 1.29 is 4.39 Å². The monoisotopic (exact) mass is 335 g/mol. The molecule has 2 N–H and O–H groups in total. The van der Waals surface area contributed by atoms with Crippen LogP contribution in [-0.4, -0.2) is 28.0 Å². The van der Waals surface area contributed by atoms with E-state index < -0.39 is 0 Å². The van der Waals surface area contributed by atoms with E-state index >= 15 is 0 Å². The lowest BCUT2D eigenvalue weighted by atomic mass is 10.1. The number of pyridine rings is 1. The normalized spacial score (nSPS) is 16.8. The molecule has 0 spiro atoms. The van der Waals surface area contributed by atoms with Crippen molar-refractivity contribution >= 4 is 11.5 Å². The van der Waals surface area contributed by atoms with Crippen LogP contribution in [0.4, 0.5) is 15.9 Å². The first kappa shape index (κ1) is 15.7. The fourth-order valence-electron chi connectivity index (χ4n) is 2.97. The summed E-state index contributed by atoms with van der Waals surface area (Å²) in [6, 6.07) is 12.1. The van der Waals surface area contributed by atoms with Crippen molar-refractivity contribution in [2.45, 2.75) is 12.3 Å². The zero-order valence-corrected chi connectivity index (χ0v) is 13.6. The second kappa shape index (κ2) is 6.94. The van der Waals surface area contributed by atoms with Crippen molar-refractivity contribution in [2.75, 3.05) is 18.4 Å². The van der Waals surface area contributed by atoms with E-state index in [1.165, 1.54) is 12.1 Å². The molecule has 1 aliphatic rings. The molecule has 0 amide bonds. The number of hydrogen-bond donors (Lipinski definition) is 2. The molecule has 1 unspecified atom stereocenters. The molecule has 126 valence electrons. The van der Waals surface area contributed by atoms with E-state index in [2.05, 4.69) is 20.6 Å². The van der Waals surface area contributed by atoms with Crippen LogP contribution >= 0.6 is 0 Å². The molecule has 0 radical (unpaired) electrons. The molecular weight excluding hydrogens is 317 g/mol. The zero-order valence-electron chi connectivity index (χ0n) is 13.6. The second-order valence-corrected chi connectivity index (χ2v) is 6.06. The molecule has 1 atom stereocenters. The van der Waals surface area contributed by atoms with E-state index in [1.54, 1.807) is 18.5 Å². The molecule has 1 aromatic carbocycles. The van der Waals surface area contributed by atoms with Crippen molar-refractivity contribution in [2.24, 2.45) is 0 Å². The maximum atomic E-state index is 13.5. The highest BCUT2D eigenvalue weighted by Gasteiger charge is 2.21. The van der Waals surface area contributed by atoms with Gasteiger partial charge in [-0.15, -0.1) is 0 Å². The first-order chi connectivity index (χ1) is 12.3. The summed E-state index contributed by atoms with van der Waals surface area (Å²) in [6.45, 7) is 1.85. The third-order valence-corrected chi connectivity index (χ3v) is 4.24. The van der Waals surface area contributed by atoms with Gasteiger partial charge in [-0.3, -0.25) is 4.98 Å². The van der Waals surface area contributed by atoms with Gasteiger partial charge in [-0.1, -0.05) is 6.07 Å². The lowest BCUT2D eigenvalue weighted by Crippen LogP contribution is -2.11. The molecular formula is C19H18FN5. The standard InChI is InChI=1S/C19H18FN5/c20-15-2-1-3-16(10-15)23-18-11-17(13-4-7-21-8-5-13)24-19(25-18)14-6-9-22-12-14/h1-5,7-8,10-11,14,22H,6,9,12H2,(H,23,24,25). The van der Waals surface area contributed by atoms with Gasteiger partial charge in [-0.2, -0.15) is 0 Å². The Labute approximate surface area is 145 Å². The zero-order chi connectivity index (χ0) is 17.1. The molecule has 0 bridgehead atoms. The molecule has 0 aliphatic carbocycles. The van der Waals surface area contributed by atoms with Gasteiger partial charge in [0.1, 0.15) is 17.5 Å². The minimum atomic E-state index is -0.284. The Balaban J connectivity index is 1.73. The Morgan fingerprint density at radius 3 is 2.72 bits per heavy atom. The van der Waals surface area contributed by atoms with E-state index in [1.807, 2.05) is 24.3 Å². The van der Waals surface area contributed by atoms with Crippen LogP contribution in [0.15, 0.2) is 54.9 Å². The van der Waals surface area contributed by atoms with E-state index in [9.17, 15) is 4.39 Å². The molecule has 4 rings (SSSR count). The van der Waals surface area contributed by atoms with E-state index in [0.717, 1.165) is 36.6 Å². The van der Waals surface area contributed by atoms with Crippen LogP contribution in [0.5, 0.6) is 0 Å². The SMILES string of the molecule is Fc1cccc(Nc2cc(-c3ccncc3)nc(C3CCNC3)n2)c1. The predicted octanol–water partition coefficient (Wildman–Crippen LogP) is 3.50. The summed E-state index contributed by atoms with van der Waals surface area (Å²) in [4.78, 5) is 13.5. The van der Waals surface area contributed by atoms with Crippen LogP contribution < -0.4 is 10.6 Å². The first-order valence-electron chi connectivity index (χ1n) is 8.30. The third-order valence-electron chi connectivity index (χ3n) is 4.24. The van der Waals surface area contributed by atoms with Crippen molar-refractivity contribution in [1.82, 2.24) is 20.3 Å². The van der Waals surface area contributed by atoms with Gasteiger partial charge < -0.3 is 10.6 Å². The number of nitrogens with one attached hydrogen (secondary N) is 2. The van der Waals surface area contributed by atoms with E-state index in [4.69, 9.17) is 4.98 Å². The minimum absolute atomic E-state index is 0.284. The van der Waals surface area contributed by atoms with E-state index in [0.29, 0.717) is 11.5 Å². The Bertz CT molecular complexity index is 863. The van der Waals surface area contributed by atoms with Gasteiger partial charge in [0.15, 0.2) is 0 Å². The average Bonchev–Trinajstić information content (AvgIpc) is 3.17. The Morgan fingerprint density at radius 1 is 1.08 bits per heavy atom. The first-order valence-corrected chi connectivity index (χ1v) is 8.30. The molecule has 1 saturated heterocycles. The highest BCUT2D eigenvalue weighted by Crippen LogP contribution is 2.26. The number of rotatable bonds is 4. The van der Waals surface area contributed by atoms with Crippen LogP contribution in [0.3, 0.4) is 0 Å². The summed E-state index contributed by atoms with van der Waals surface area (Å²) < 4.78 is 13.5. The smallest absolute Gasteiger partial charge is 0.135 e. The van der Waals surface area contributed by atoms with Crippen LogP contribution in [0.2, 0.25) is 0 Å². The van der Waals surface area contributed by atoms with Crippen LogP contribution in [-0.2, 0) is 0 Å². The molecule has 3 heterocycles. The minimum Gasteiger partial charge on any atom is -0.340 e. The predicted molar refractivity (Wildman–Crippen MR) is 95.2 cm³/mol. The number of anilines is 2. The Kier molecular flexibility index (Phi) is 4.35. The molecule has 3 aromatic rings. The highest BCUT2D eigenvalue weighted by atomic mass is 19.1. The number of aromatic nitrogens is 3. The van der Waals surface area contributed by atoms with Gasteiger partial charge in [0.05, 0.1) is 5.69 Å². The molecule has 2 aromatic heterocycles. The van der Waals surface area contributed by atoms with Gasteiger partial charge in [0, 0.05) is 42.2 Å². The van der Waals surface area contributed by atoms with Crippen molar-refractivity contribution in [3.8, 4) is 11.3 Å². The topological polar surface area (TPSA) is 62.7 Å². The number of hydrogen-bond acceptors (Lipinski definition) is 5. The largest absolute Gasteiger partial charge is 0.340 e. The lowest BCUT2D eigenvalue weighted by molar-refractivity contribution is 0.628. The fraction of sp³-hybridized carbons (Fsp3) is 0.211. The quantitative estimate of drug-likeness (QED) is 0.764. The Morgan fingerprint density at radius 2 is 1.96 bits per heavy atom. The molecule has 1 aliphatic heterocycles. The maximum absolute atomic E-state index is 13.5. The number of nitrogens with zero attached hydrogens (tertiary/aromatic N) is 3. The fourth-order valence-corrected chi connectivity index (χ4v) is 2.97.